The summed E-state index contributed by atoms with van der Waals surface area (Å²) in [4.78, 5) is 4.33. The van der Waals surface area contributed by atoms with Crippen LogP contribution in [-0.4, -0.2) is 27.9 Å². The number of benzene rings is 1. The lowest BCUT2D eigenvalue weighted by Crippen LogP contribution is -2.15. The Hall–Kier alpha value is -1.43. The van der Waals surface area contributed by atoms with E-state index < -0.39 is 0 Å². The molecule has 2 heterocycles. The van der Waals surface area contributed by atoms with Crippen LogP contribution in [0, 0.1) is 0 Å². The molecule has 2 atom stereocenters. The number of aromatic nitrogens is 2. The van der Waals surface area contributed by atoms with E-state index in [1.807, 2.05) is 12.1 Å². The summed E-state index contributed by atoms with van der Waals surface area (Å²) in [6.07, 6.45) is 0.244. The van der Waals surface area contributed by atoms with Crippen molar-refractivity contribution in [3.8, 4) is 11.4 Å². The first-order valence-electron chi connectivity index (χ1n) is 5.73. The Morgan fingerprint density at radius 1 is 1.44 bits per heavy atom. The fraction of sp³-hybridized carbons (Fsp3) is 0.333. The van der Waals surface area contributed by atoms with Gasteiger partial charge in [-0.1, -0.05) is 28.9 Å². The van der Waals surface area contributed by atoms with Gasteiger partial charge < -0.3 is 14.9 Å². The highest BCUT2D eigenvalue weighted by Crippen LogP contribution is 2.25. The van der Waals surface area contributed by atoms with Gasteiger partial charge in [-0.3, -0.25) is 0 Å². The van der Waals surface area contributed by atoms with Gasteiger partial charge >= 0.3 is 0 Å². The number of nitrogens with one attached hydrogen (secondary N) is 1. The Kier molecular flexibility index (Phi) is 3.03. The van der Waals surface area contributed by atoms with Crippen molar-refractivity contribution >= 4 is 11.6 Å². The minimum atomic E-state index is -0.350. The van der Waals surface area contributed by atoms with E-state index in [4.69, 9.17) is 16.1 Å². The lowest BCUT2D eigenvalue weighted by Gasteiger charge is -2.01. The van der Waals surface area contributed by atoms with E-state index in [1.165, 1.54) is 0 Å². The maximum absolute atomic E-state index is 9.45. The zero-order valence-corrected chi connectivity index (χ0v) is 10.3. The standard InChI is InChI=1S/C12H12ClN3O2/c13-8-3-1-2-7(4-8)11-15-12(18-16-11)10-5-9(17)6-14-10/h1-4,9-10,14,17H,5-6H2/t9-,10+/m1/s1. The van der Waals surface area contributed by atoms with E-state index in [2.05, 4.69) is 15.5 Å². The monoisotopic (exact) mass is 265 g/mol. The Morgan fingerprint density at radius 3 is 3.06 bits per heavy atom. The number of rotatable bonds is 2. The quantitative estimate of drug-likeness (QED) is 0.866. The molecule has 18 heavy (non-hydrogen) atoms. The SMILES string of the molecule is O[C@H]1CN[C@H](c2nc(-c3cccc(Cl)c3)no2)C1. The highest BCUT2D eigenvalue weighted by molar-refractivity contribution is 6.30. The Bertz CT molecular complexity index is 558. The maximum Gasteiger partial charge on any atom is 0.244 e. The van der Waals surface area contributed by atoms with Crippen LogP contribution in [0.15, 0.2) is 28.8 Å². The van der Waals surface area contributed by atoms with Crippen molar-refractivity contribution in [1.82, 2.24) is 15.5 Å². The first kappa shape index (κ1) is 11.6. The van der Waals surface area contributed by atoms with E-state index in [0.717, 1.165) is 5.56 Å². The second kappa shape index (κ2) is 4.68. The van der Waals surface area contributed by atoms with E-state index in [0.29, 0.717) is 29.7 Å². The summed E-state index contributed by atoms with van der Waals surface area (Å²) in [5.74, 6) is 1.01. The smallest absolute Gasteiger partial charge is 0.244 e. The molecule has 6 heteroatoms. The topological polar surface area (TPSA) is 71.2 Å². The van der Waals surface area contributed by atoms with E-state index >= 15 is 0 Å². The molecule has 5 nitrogen and oxygen atoms in total. The largest absolute Gasteiger partial charge is 0.392 e. The number of halogens is 1. The number of hydrogen-bond donors (Lipinski definition) is 2. The van der Waals surface area contributed by atoms with Crippen molar-refractivity contribution in [2.45, 2.75) is 18.6 Å². The zero-order valence-electron chi connectivity index (χ0n) is 9.51. The van der Waals surface area contributed by atoms with Crippen LogP contribution < -0.4 is 5.32 Å². The van der Waals surface area contributed by atoms with Crippen LogP contribution in [0.3, 0.4) is 0 Å². The van der Waals surface area contributed by atoms with Gasteiger partial charge in [-0.2, -0.15) is 4.98 Å². The molecule has 1 aliphatic heterocycles. The molecule has 1 aliphatic rings. The van der Waals surface area contributed by atoms with E-state index in [9.17, 15) is 5.11 Å². The molecule has 94 valence electrons. The van der Waals surface area contributed by atoms with Crippen LogP contribution in [-0.2, 0) is 0 Å². The summed E-state index contributed by atoms with van der Waals surface area (Å²) in [6, 6.07) is 7.22. The molecule has 0 spiro atoms. The van der Waals surface area contributed by atoms with Crippen molar-refractivity contribution in [3.63, 3.8) is 0 Å². The number of aliphatic hydroxyl groups is 1. The fourth-order valence-electron chi connectivity index (χ4n) is 2.03. The Balaban J connectivity index is 1.85. The average Bonchev–Trinajstić information content (AvgIpc) is 2.97. The molecule has 1 saturated heterocycles. The number of hydrogen-bond acceptors (Lipinski definition) is 5. The molecule has 1 aromatic heterocycles. The molecule has 0 unspecified atom stereocenters. The molecule has 0 aliphatic carbocycles. The predicted octanol–water partition coefficient (Wildman–Crippen LogP) is 1.79. The second-order valence-electron chi connectivity index (χ2n) is 4.32. The van der Waals surface area contributed by atoms with Crippen LogP contribution in [0.5, 0.6) is 0 Å². The Morgan fingerprint density at radius 2 is 2.33 bits per heavy atom. The zero-order chi connectivity index (χ0) is 12.5. The van der Waals surface area contributed by atoms with Gasteiger partial charge in [-0.25, -0.2) is 0 Å². The van der Waals surface area contributed by atoms with Gasteiger partial charge in [0.15, 0.2) is 0 Å². The number of aliphatic hydroxyl groups excluding tert-OH is 1. The minimum Gasteiger partial charge on any atom is -0.392 e. The molecule has 0 amide bonds. The molecule has 2 aromatic rings. The Labute approximate surface area is 109 Å². The summed E-state index contributed by atoms with van der Waals surface area (Å²) < 4.78 is 5.21. The van der Waals surface area contributed by atoms with Crippen molar-refractivity contribution < 1.29 is 9.63 Å². The third-order valence-electron chi connectivity index (χ3n) is 2.93. The number of nitrogens with zero attached hydrogens (tertiary/aromatic N) is 2. The second-order valence-corrected chi connectivity index (χ2v) is 4.75. The van der Waals surface area contributed by atoms with Gasteiger partial charge in [0.25, 0.3) is 0 Å². The van der Waals surface area contributed by atoms with Crippen molar-refractivity contribution in [2.24, 2.45) is 0 Å². The van der Waals surface area contributed by atoms with Crippen molar-refractivity contribution in [1.29, 1.82) is 0 Å². The van der Waals surface area contributed by atoms with E-state index in [1.54, 1.807) is 12.1 Å². The van der Waals surface area contributed by atoms with Crippen LogP contribution >= 0.6 is 11.6 Å². The van der Waals surface area contributed by atoms with Crippen molar-refractivity contribution in [2.75, 3.05) is 6.54 Å². The third kappa shape index (κ3) is 2.25. The molecule has 0 bridgehead atoms. The van der Waals surface area contributed by atoms with Gasteiger partial charge in [-0.05, 0) is 18.6 Å². The van der Waals surface area contributed by atoms with Gasteiger partial charge in [0.05, 0.1) is 12.1 Å². The molecule has 1 aromatic carbocycles. The van der Waals surface area contributed by atoms with Gasteiger partial charge in [0, 0.05) is 17.1 Å². The summed E-state index contributed by atoms with van der Waals surface area (Å²) >= 11 is 5.92. The van der Waals surface area contributed by atoms with Gasteiger partial charge in [0.1, 0.15) is 0 Å². The molecule has 0 radical (unpaired) electrons. The first-order valence-corrected chi connectivity index (χ1v) is 6.11. The van der Waals surface area contributed by atoms with Crippen LogP contribution in [0.2, 0.25) is 5.02 Å². The summed E-state index contributed by atoms with van der Waals surface area (Å²) in [7, 11) is 0. The molecular formula is C12H12ClN3O2. The van der Waals surface area contributed by atoms with E-state index in [-0.39, 0.29) is 12.1 Å². The van der Waals surface area contributed by atoms with Crippen LogP contribution in [0.25, 0.3) is 11.4 Å². The third-order valence-corrected chi connectivity index (χ3v) is 3.17. The molecule has 0 saturated carbocycles. The predicted molar refractivity (Wildman–Crippen MR) is 66.1 cm³/mol. The summed E-state index contributed by atoms with van der Waals surface area (Å²) in [6.45, 7) is 0.555. The lowest BCUT2D eigenvalue weighted by molar-refractivity contribution is 0.191. The highest BCUT2D eigenvalue weighted by atomic mass is 35.5. The van der Waals surface area contributed by atoms with Gasteiger partial charge in [0.2, 0.25) is 11.7 Å². The van der Waals surface area contributed by atoms with Gasteiger partial charge in [-0.15, -0.1) is 0 Å². The molecule has 3 rings (SSSR count). The van der Waals surface area contributed by atoms with Crippen molar-refractivity contribution in [3.05, 3.63) is 35.2 Å². The first-order chi connectivity index (χ1) is 8.72. The molecule has 2 N–H and O–H groups in total. The normalized spacial score (nSPS) is 23.4. The molecular weight excluding hydrogens is 254 g/mol. The summed E-state index contributed by atoms with van der Waals surface area (Å²) in [5, 5.41) is 17.1. The lowest BCUT2D eigenvalue weighted by atomic mass is 10.2. The minimum absolute atomic E-state index is 0.0690. The van der Waals surface area contributed by atoms with Crippen LogP contribution in [0.1, 0.15) is 18.4 Å². The molecule has 1 fully saturated rings. The maximum atomic E-state index is 9.45. The van der Waals surface area contributed by atoms with Crippen LogP contribution in [0.4, 0.5) is 0 Å². The fourth-order valence-corrected chi connectivity index (χ4v) is 2.22. The average molecular weight is 266 g/mol. The highest BCUT2D eigenvalue weighted by Gasteiger charge is 2.28. The number of β-amino-alcohol motifs (C(OH)–C–C–N with tert-alkyl or cyclic N) is 1. The summed E-state index contributed by atoms with van der Waals surface area (Å²) in [5.41, 5.74) is 0.816.